The Labute approximate surface area is 290 Å². The molecule has 0 saturated carbocycles. The van der Waals surface area contributed by atoms with E-state index in [-0.39, 0.29) is 35.6 Å². The maximum Gasteiger partial charge on any atom is 0.264 e. The summed E-state index contributed by atoms with van der Waals surface area (Å²) in [6.45, 7) is 9.17. The summed E-state index contributed by atoms with van der Waals surface area (Å²) >= 11 is 0. The zero-order valence-corrected chi connectivity index (χ0v) is 30.2. The molecule has 10 heteroatoms. The number of carbonyl (C=O) groups excluding carboxylic acids is 2. The van der Waals surface area contributed by atoms with Gasteiger partial charge in [-0.15, -0.1) is 0 Å². The average molecular weight is 686 g/mol. The highest BCUT2D eigenvalue weighted by Gasteiger charge is 2.35. The van der Waals surface area contributed by atoms with Gasteiger partial charge in [0.2, 0.25) is 11.8 Å². The highest BCUT2D eigenvalue weighted by atomic mass is 32.2. The minimum Gasteiger partial charge on any atom is -0.493 e. The van der Waals surface area contributed by atoms with Gasteiger partial charge in [-0.3, -0.25) is 13.9 Å². The van der Waals surface area contributed by atoms with Gasteiger partial charge in [-0.2, -0.15) is 0 Å². The summed E-state index contributed by atoms with van der Waals surface area (Å²) < 4.78 is 40.9. The summed E-state index contributed by atoms with van der Waals surface area (Å²) in [6.07, 6.45) is 0.951. The van der Waals surface area contributed by atoms with E-state index in [0.29, 0.717) is 17.9 Å². The molecule has 2 atom stereocenters. The Morgan fingerprint density at radius 3 is 2.00 bits per heavy atom. The number of ether oxygens (including phenoxy) is 2. The molecule has 9 nitrogen and oxygen atoms in total. The number of anilines is 1. The van der Waals surface area contributed by atoms with Crippen molar-refractivity contribution in [1.82, 2.24) is 10.2 Å². The predicted octanol–water partition coefficient (Wildman–Crippen LogP) is 6.38. The Balaban J connectivity index is 1.85. The van der Waals surface area contributed by atoms with Crippen molar-refractivity contribution in [2.24, 2.45) is 0 Å². The molecule has 0 bridgehead atoms. The zero-order chi connectivity index (χ0) is 35.7. The van der Waals surface area contributed by atoms with Gasteiger partial charge in [0.15, 0.2) is 11.5 Å². The molecule has 0 aromatic heterocycles. The van der Waals surface area contributed by atoms with Crippen molar-refractivity contribution in [3.8, 4) is 11.5 Å². The lowest BCUT2D eigenvalue weighted by Gasteiger charge is -2.34. The highest BCUT2D eigenvalue weighted by molar-refractivity contribution is 7.92. The van der Waals surface area contributed by atoms with Crippen LogP contribution in [0.3, 0.4) is 0 Å². The van der Waals surface area contributed by atoms with Crippen LogP contribution in [0.5, 0.6) is 11.5 Å². The lowest BCUT2D eigenvalue weighted by molar-refractivity contribution is -0.140. The average Bonchev–Trinajstić information content (AvgIpc) is 3.08. The first-order valence-corrected chi connectivity index (χ1v) is 17.8. The molecule has 0 radical (unpaired) electrons. The minimum absolute atomic E-state index is 0.0717. The Kier molecular flexibility index (Phi) is 12.5. The van der Waals surface area contributed by atoms with Crippen molar-refractivity contribution in [1.29, 1.82) is 0 Å². The number of hydrogen-bond acceptors (Lipinski definition) is 6. The fourth-order valence-electron chi connectivity index (χ4n) is 5.61. The molecule has 49 heavy (non-hydrogen) atoms. The van der Waals surface area contributed by atoms with Gasteiger partial charge < -0.3 is 19.7 Å². The lowest BCUT2D eigenvalue weighted by Crippen LogP contribution is -2.54. The topological polar surface area (TPSA) is 105 Å². The number of methoxy groups -OCH3 is 2. The van der Waals surface area contributed by atoms with Crippen molar-refractivity contribution in [2.45, 2.75) is 71.0 Å². The van der Waals surface area contributed by atoms with Crippen LogP contribution in [0.2, 0.25) is 0 Å². The first-order valence-electron chi connectivity index (χ1n) is 16.4. The third-order valence-electron chi connectivity index (χ3n) is 8.46. The quantitative estimate of drug-likeness (QED) is 0.156. The molecule has 0 fully saturated rings. The number of benzene rings is 4. The molecule has 0 aliphatic heterocycles. The molecule has 4 aromatic carbocycles. The van der Waals surface area contributed by atoms with Gasteiger partial charge >= 0.3 is 0 Å². The number of amides is 2. The maximum atomic E-state index is 14.8. The molecule has 4 rings (SSSR count). The number of nitrogens with zero attached hydrogens (tertiary/aromatic N) is 2. The van der Waals surface area contributed by atoms with E-state index in [1.54, 1.807) is 12.1 Å². The SMILES string of the molecule is CC[C@@H](C)NC(=O)[C@H](Cc1ccccc1)N(Cc1ccc(C)cc1)C(=O)CN(c1cc(C)cc(C)c1)S(=O)(=O)c1ccc(OC)c(OC)c1. The summed E-state index contributed by atoms with van der Waals surface area (Å²) in [7, 11) is -1.43. The molecule has 0 aliphatic carbocycles. The Bertz CT molecular complexity index is 1820. The molecule has 0 spiro atoms. The fourth-order valence-corrected chi connectivity index (χ4v) is 7.03. The van der Waals surface area contributed by atoms with E-state index >= 15 is 0 Å². The molecule has 260 valence electrons. The molecule has 2 amide bonds. The second-order valence-electron chi connectivity index (χ2n) is 12.4. The van der Waals surface area contributed by atoms with Crippen LogP contribution in [0.15, 0.2) is 95.9 Å². The number of rotatable bonds is 15. The van der Waals surface area contributed by atoms with Crippen molar-refractivity contribution in [3.63, 3.8) is 0 Å². The van der Waals surface area contributed by atoms with E-state index in [0.717, 1.165) is 32.1 Å². The van der Waals surface area contributed by atoms with Crippen molar-refractivity contribution in [2.75, 3.05) is 25.1 Å². The van der Waals surface area contributed by atoms with Crippen LogP contribution >= 0.6 is 0 Å². The Hall–Kier alpha value is -4.83. The number of carbonyl (C=O) groups is 2. The van der Waals surface area contributed by atoms with Gasteiger partial charge in [0.1, 0.15) is 12.6 Å². The van der Waals surface area contributed by atoms with Crippen LogP contribution in [-0.2, 0) is 32.6 Å². The van der Waals surface area contributed by atoms with Crippen LogP contribution in [0.25, 0.3) is 0 Å². The van der Waals surface area contributed by atoms with Crippen LogP contribution < -0.4 is 19.1 Å². The molecule has 0 saturated heterocycles. The minimum atomic E-state index is -4.33. The number of nitrogens with one attached hydrogen (secondary N) is 1. The van der Waals surface area contributed by atoms with Crippen LogP contribution in [0.4, 0.5) is 5.69 Å². The molecular weight excluding hydrogens is 639 g/mol. The van der Waals surface area contributed by atoms with E-state index in [9.17, 15) is 18.0 Å². The van der Waals surface area contributed by atoms with E-state index in [1.165, 1.54) is 37.3 Å². The van der Waals surface area contributed by atoms with Gasteiger partial charge in [-0.25, -0.2) is 8.42 Å². The number of sulfonamides is 1. The van der Waals surface area contributed by atoms with E-state index in [4.69, 9.17) is 9.47 Å². The summed E-state index contributed by atoms with van der Waals surface area (Å²) in [6, 6.07) is 26.0. The fraction of sp³-hybridized carbons (Fsp3) is 0.333. The van der Waals surface area contributed by atoms with Gasteiger partial charge in [0, 0.05) is 25.1 Å². The molecular formula is C39H47N3O6S. The molecule has 0 heterocycles. The zero-order valence-electron chi connectivity index (χ0n) is 29.4. The molecule has 0 aliphatic rings. The normalized spacial score (nSPS) is 12.5. The van der Waals surface area contributed by atoms with Gasteiger partial charge in [-0.05, 0) is 80.6 Å². The first-order chi connectivity index (χ1) is 23.4. The highest BCUT2D eigenvalue weighted by Crippen LogP contribution is 2.33. The Morgan fingerprint density at radius 2 is 1.41 bits per heavy atom. The monoisotopic (exact) mass is 685 g/mol. The number of aryl methyl sites for hydroxylation is 3. The summed E-state index contributed by atoms with van der Waals surface area (Å²) in [5.41, 5.74) is 4.74. The van der Waals surface area contributed by atoms with Crippen molar-refractivity contribution in [3.05, 3.63) is 119 Å². The number of hydrogen-bond donors (Lipinski definition) is 1. The predicted molar refractivity (Wildman–Crippen MR) is 194 cm³/mol. The second kappa shape index (κ2) is 16.5. The lowest BCUT2D eigenvalue weighted by atomic mass is 10.0. The third-order valence-corrected chi connectivity index (χ3v) is 10.2. The van der Waals surface area contributed by atoms with E-state index in [2.05, 4.69) is 5.32 Å². The van der Waals surface area contributed by atoms with E-state index in [1.807, 2.05) is 95.3 Å². The van der Waals surface area contributed by atoms with Gasteiger partial charge in [0.25, 0.3) is 10.0 Å². The van der Waals surface area contributed by atoms with Gasteiger partial charge in [-0.1, -0.05) is 73.2 Å². The standard InChI is InChI=1S/C39H47N3O6S/c1-8-30(5)40-39(44)35(23-31-12-10-9-11-13-31)41(25-32-16-14-27(2)15-17-32)38(43)26-42(33-21-28(3)20-29(4)22-33)49(45,46)34-18-19-36(47-6)37(24-34)48-7/h9-22,24,30,35H,8,23,25-26H2,1-7H3,(H,40,44)/t30-,35+/m1/s1. The molecule has 1 N–H and O–H groups in total. The van der Waals surface area contributed by atoms with Crippen molar-refractivity contribution >= 4 is 27.5 Å². The largest absolute Gasteiger partial charge is 0.493 e. The second-order valence-corrected chi connectivity index (χ2v) is 14.3. The third kappa shape index (κ3) is 9.41. The Morgan fingerprint density at radius 1 is 0.776 bits per heavy atom. The van der Waals surface area contributed by atoms with Gasteiger partial charge in [0.05, 0.1) is 24.8 Å². The van der Waals surface area contributed by atoms with Crippen LogP contribution in [0.1, 0.15) is 48.1 Å². The molecule has 0 unspecified atom stereocenters. The van der Waals surface area contributed by atoms with Crippen LogP contribution in [0, 0.1) is 20.8 Å². The smallest absolute Gasteiger partial charge is 0.264 e. The maximum absolute atomic E-state index is 14.8. The first kappa shape index (κ1) is 37.0. The molecule has 4 aromatic rings. The van der Waals surface area contributed by atoms with E-state index < -0.39 is 28.5 Å². The van der Waals surface area contributed by atoms with Crippen molar-refractivity contribution < 1.29 is 27.5 Å². The summed E-state index contributed by atoms with van der Waals surface area (Å²) in [5.74, 6) is -0.222. The summed E-state index contributed by atoms with van der Waals surface area (Å²) in [4.78, 5) is 30.2. The summed E-state index contributed by atoms with van der Waals surface area (Å²) in [5, 5.41) is 3.07. The van der Waals surface area contributed by atoms with Crippen LogP contribution in [-0.4, -0.2) is 58.0 Å².